The minimum atomic E-state index is -0.860. The van der Waals surface area contributed by atoms with Crippen LogP contribution < -0.4 is 0 Å². The first-order chi connectivity index (χ1) is 10.2. The van der Waals surface area contributed by atoms with Crippen LogP contribution in [-0.2, 0) is 16.0 Å². The molecule has 0 aliphatic heterocycles. The van der Waals surface area contributed by atoms with Gasteiger partial charge < -0.3 is 14.6 Å². The molecule has 1 aliphatic carbocycles. The molecule has 1 aliphatic rings. The molecule has 0 radical (unpaired) electrons. The normalized spacial score (nSPS) is 14.8. The first kappa shape index (κ1) is 16.4. The van der Waals surface area contributed by atoms with Crippen LogP contribution in [0.4, 0.5) is 0 Å². The molecule has 0 amide bonds. The first-order valence-corrected chi connectivity index (χ1v) is 7.90. The number of methoxy groups -OCH3 is 2. The van der Waals surface area contributed by atoms with Crippen molar-refractivity contribution in [1.29, 1.82) is 0 Å². The molecule has 1 N–H and O–H groups in total. The van der Waals surface area contributed by atoms with E-state index in [0.29, 0.717) is 30.6 Å². The highest BCUT2D eigenvalue weighted by Gasteiger charge is 2.32. The van der Waals surface area contributed by atoms with Crippen molar-refractivity contribution in [3.63, 3.8) is 0 Å². The molecule has 1 aromatic heterocycles. The molecule has 0 saturated heterocycles. The van der Waals surface area contributed by atoms with Crippen molar-refractivity contribution in [1.82, 2.24) is 9.88 Å². The number of thiazole rings is 1. The van der Waals surface area contributed by atoms with Gasteiger partial charge in [0.25, 0.3) is 0 Å². The number of carboxylic acids is 1. The molecule has 0 aromatic carbocycles. The lowest BCUT2D eigenvalue weighted by atomic mass is 10.2. The van der Waals surface area contributed by atoms with E-state index in [1.807, 2.05) is 0 Å². The Morgan fingerprint density at radius 1 is 1.33 bits per heavy atom. The maximum atomic E-state index is 11.3. The fourth-order valence-electron chi connectivity index (χ4n) is 2.13. The number of rotatable bonds is 10. The predicted molar refractivity (Wildman–Crippen MR) is 80.1 cm³/mol. The summed E-state index contributed by atoms with van der Waals surface area (Å²) in [4.78, 5) is 18.5. The Morgan fingerprint density at radius 3 is 2.43 bits per heavy atom. The minimum absolute atomic E-state index is 0.354. The summed E-state index contributed by atoms with van der Waals surface area (Å²) in [6.45, 7) is 3.47. The number of carboxylic acid groups (broad SMARTS) is 1. The second-order valence-corrected chi connectivity index (χ2v) is 6.25. The van der Waals surface area contributed by atoms with Crippen molar-refractivity contribution >= 4 is 17.3 Å². The zero-order valence-electron chi connectivity index (χ0n) is 12.5. The Balaban J connectivity index is 2.04. The Bertz CT molecular complexity index is 466. The molecule has 0 bridgehead atoms. The quantitative estimate of drug-likeness (QED) is 0.710. The van der Waals surface area contributed by atoms with Gasteiger partial charge in [-0.2, -0.15) is 0 Å². The van der Waals surface area contributed by atoms with Gasteiger partial charge in [-0.25, -0.2) is 9.78 Å². The van der Waals surface area contributed by atoms with Gasteiger partial charge in [-0.1, -0.05) is 0 Å². The van der Waals surface area contributed by atoms with Crippen LogP contribution in [0.5, 0.6) is 0 Å². The summed E-state index contributed by atoms with van der Waals surface area (Å²) in [6.07, 6.45) is 2.11. The number of carbonyl (C=O) groups is 1. The van der Waals surface area contributed by atoms with Crippen LogP contribution in [0.15, 0.2) is 0 Å². The predicted octanol–water partition coefficient (Wildman–Crippen LogP) is 1.81. The molecule has 0 spiro atoms. The zero-order valence-corrected chi connectivity index (χ0v) is 13.3. The van der Waals surface area contributed by atoms with Gasteiger partial charge in [0, 0.05) is 33.2 Å². The van der Waals surface area contributed by atoms with E-state index >= 15 is 0 Å². The molecule has 1 saturated carbocycles. The van der Waals surface area contributed by atoms with Gasteiger partial charge in [0.05, 0.1) is 25.5 Å². The number of aromatic carboxylic acids is 1. The maximum Gasteiger partial charge on any atom is 0.347 e. The number of ether oxygens (including phenoxy) is 2. The molecule has 6 nitrogen and oxygen atoms in total. The molecular weight excluding hydrogens is 292 g/mol. The molecule has 21 heavy (non-hydrogen) atoms. The van der Waals surface area contributed by atoms with Gasteiger partial charge >= 0.3 is 5.97 Å². The average molecular weight is 314 g/mol. The monoisotopic (exact) mass is 314 g/mol. The molecule has 118 valence electrons. The lowest BCUT2D eigenvalue weighted by molar-refractivity contribution is 0.0700. The van der Waals surface area contributed by atoms with Gasteiger partial charge in [-0.05, 0) is 12.8 Å². The smallest absolute Gasteiger partial charge is 0.347 e. The van der Waals surface area contributed by atoms with Crippen LogP contribution in [0.25, 0.3) is 0 Å². The van der Waals surface area contributed by atoms with E-state index in [4.69, 9.17) is 9.47 Å². The fourth-order valence-corrected chi connectivity index (χ4v) is 3.17. The van der Waals surface area contributed by atoms with E-state index in [1.54, 1.807) is 14.2 Å². The van der Waals surface area contributed by atoms with Gasteiger partial charge in [-0.3, -0.25) is 4.90 Å². The van der Waals surface area contributed by atoms with Crippen molar-refractivity contribution in [3.05, 3.63) is 15.6 Å². The Hall–Kier alpha value is -1.02. The van der Waals surface area contributed by atoms with Crippen LogP contribution >= 0.6 is 11.3 Å². The third-order valence-corrected chi connectivity index (χ3v) is 4.48. The second-order valence-electron chi connectivity index (χ2n) is 5.16. The van der Waals surface area contributed by atoms with Crippen molar-refractivity contribution in [2.75, 3.05) is 40.5 Å². The molecule has 7 heteroatoms. The van der Waals surface area contributed by atoms with Crippen LogP contribution in [0, 0.1) is 0 Å². The van der Waals surface area contributed by atoms with Crippen molar-refractivity contribution in [3.8, 4) is 0 Å². The van der Waals surface area contributed by atoms with Crippen molar-refractivity contribution in [2.24, 2.45) is 0 Å². The third kappa shape index (κ3) is 4.74. The summed E-state index contributed by atoms with van der Waals surface area (Å²) >= 11 is 1.30. The van der Waals surface area contributed by atoms with Gasteiger partial charge in [0.2, 0.25) is 0 Å². The molecule has 0 unspecified atom stereocenters. The average Bonchev–Trinajstić information content (AvgIpc) is 3.22. The number of hydrogen-bond acceptors (Lipinski definition) is 6. The van der Waals surface area contributed by atoms with Crippen LogP contribution in [0.1, 0.15) is 39.1 Å². The molecule has 0 atom stereocenters. The van der Waals surface area contributed by atoms with Gasteiger partial charge in [-0.15, -0.1) is 11.3 Å². The summed E-state index contributed by atoms with van der Waals surface area (Å²) in [5.74, 6) is -0.506. The number of nitrogens with zero attached hydrogens (tertiary/aromatic N) is 2. The standard InChI is InChI=1S/C14H22N2O4S/c1-19-7-5-16(6-8-20-2)9-11-15-12(10-3-4-10)13(21-11)14(17)18/h10H,3-9H2,1-2H3,(H,17,18). The van der Waals surface area contributed by atoms with E-state index in [2.05, 4.69) is 9.88 Å². The summed E-state index contributed by atoms with van der Waals surface area (Å²) in [5.41, 5.74) is 0.779. The molecule has 1 fully saturated rings. The van der Waals surface area contributed by atoms with Crippen molar-refractivity contribution in [2.45, 2.75) is 25.3 Å². The van der Waals surface area contributed by atoms with E-state index in [1.165, 1.54) is 11.3 Å². The minimum Gasteiger partial charge on any atom is -0.477 e. The van der Waals surface area contributed by atoms with E-state index in [9.17, 15) is 9.90 Å². The summed E-state index contributed by atoms with van der Waals surface area (Å²) in [7, 11) is 3.34. The van der Waals surface area contributed by atoms with Crippen LogP contribution in [0.3, 0.4) is 0 Å². The zero-order chi connectivity index (χ0) is 15.2. The maximum absolute atomic E-state index is 11.3. The molecule has 1 heterocycles. The lowest BCUT2D eigenvalue weighted by Crippen LogP contribution is -2.30. The SMILES string of the molecule is COCCN(CCOC)Cc1nc(C2CC2)c(C(=O)O)s1. The highest BCUT2D eigenvalue weighted by molar-refractivity contribution is 7.13. The van der Waals surface area contributed by atoms with Crippen LogP contribution in [0.2, 0.25) is 0 Å². The Kier molecular flexibility index (Phi) is 6.10. The summed E-state index contributed by atoms with van der Waals surface area (Å²) in [6, 6.07) is 0. The summed E-state index contributed by atoms with van der Waals surface area (Å²) in [5, 5.41) is 10.2. The largest absolute Gasteiger partial charge is 0.477 e. The molecular formula is C14H22N2O4S. The van der Waals surface area contributed by atoms with E-state index in [-0.39, 0.29) is 0 Å². The highest BCUT2D eigenvalue weighted by atomic mass is 32.1. The van der Waals surface area contributed by atoms with Crippen LogP contribution in [-0.4, -0.2) is 61.5 Å². The third-order valence-electron chi connectivity index (χ3n) is 3.44. The summed E-state index contributed by atoms with van der Waals surface area (Å²) < 4.78 is 10.2. The first-order valence-electron chi connectivity index (χ1n) is 7.08. The fraction of sp³-hybridized carbons (Fsp3) is 0.714. The van der Waals surface area contributed by atoms with Crippen molar-refractivity contribution < 1.29 is 19.4 Å². The number of hydrogen-bond donors (Lipinski definition) is 1. The van der Waals surface area contributed by atoms with E-state index < -0.39 is 5.97 Å². The molecule has 1 aromatic rings. The number of aromatic nitrogens is 1. The highest BCUT2D eigenvalue weighted by Crippen LogP contribution is 2.42. The molecule has 2 rings (SSSR count). The van der Waals surface area contributed by atoms with Gasteiger partial charge in [0.1, 0.15) is 9.88 Å². The Labute approximate surface area is 128 Å². The van der Waals surface area contributed by atoms with E-state index in [0.717, 1.165) is 36.6 Å². The topological polar surface area (TPSA) is 71.9 Å². The lowest BCUT2D eigenvalue weighted by Gasteiger charge is -2.20. The van der Waals surface area contributed by atoms with Gasteiger partial charge in [0.15, 0.2) is 0 Å². The second kappa shape index (κ2) is 7.84. The Morgan fingerprint density at radius 2 is 1.95 bits per heavy atom.